The Labute approximate surface area is 171 Å². The smallest absolute Gasteiger partial charge is 0.253 e. The van der Waals surface area contributed by atoms with Gasteiger partial charge in [-0.05, 0) is 67.0 Å². The van der Waals surface area contributed by atoms with E-state index in [2.05, 4.69) is 17.6 Å². The summed E-state index contributed by atoms with van der Waals surface area (Å²) in [7, 11) is -1.49. The Morgan fingerprint density at radius 1 is 1.14 bits per heavy atom. The predicted octanol–water partition coefficient (Wildman–Crippen LogP) is 3.36. The molecule has 1 saturated carbocycles. The lowest BCUT2D eigenvalue weighted by atomic mass is 10.0. The van der Waals surface area contributed by atoms with Crippen molar-refractivity contribution in [1.82, 2.24) is 14.1 Å². The van der Waals surface area contributed by atoms with Crippen LogP contribution in [-0.2, 0) is 29.2 Å². The minimum absolute atomic E-state index is 0.0336. The summed E-state index contributed by atoms with van der Waals surface area (Å²) in [6.07, 6.45) is 5.44. The average Bonchev–Trinajstić information content (AvgIpc) is 3.26. The first kappa shape index (κ1) is 19.9. The van der Waals surface area contributed by atoms with Crippen molar-refractivity contribution in [2.24, 2.45) is 12.5 Å². The molecule has 1 fully saturated rings. The average molecular weight is 414 g/mol. The lowest BCUT2D eigenvalue weighted by molar-refractivity contribution is 0.466. The van der Waals surface area contributed by atoms with Crippen LogP contribution in [0.5, 0.6) is 0 Å². The molecule has 0 bridgehead atoms. The molecule has 2 aromatic heterocycles. The number of hydrogen-bond acceptors (Lipinski definition) is 4. The number of pyridine rings is 1. The Balaban J connectivity index is 1.97. The van der Waals surface area contributed by atoms with E-state index in [4.69, 9.17) is 4.98 Å². The van der Waals surface area contributed by atoms with Crippen LogP contribution in [0.1, 0.15) is 36.7 Å². The molecule has 3 aromatic rings. The van der Waals surface area contributed by atoms with Gasteiger partial charge in [0, 0.05) is 31.6 Å². The van der Waals surface area contributed by atoms with Crippen LogP contribution < -0.4 is 5.56 Å². The molecular formula is C22H27N3O3S. The fourth-order valence-corrected chi connectivity index (χ4v) is 4.74. The first-order chi connectivity index (χ1) is 13.5. The second kappa shape index (κ2) is 6.55. The summed E-state index contributed by atoms with van der Waals surface area (Å²) in [4.78, 5) is 16.8. The molecule has 154 valence electrons. The molecule has 2 heterocycles. The third-order valence-corrected chi connectivity index (χ3v) is 6.72. The third kappa shape index (κ3) is 3.88. The highest BCUT2D eigenvalue weighted by Gasteiger charge is 2.38. The number of sulfone groups is 1. The molecule has 29 heavy (non-hydrogen) atoms. The van der Waals surface area contributed by atoms with Crippen LogP contribution in [0, 0.1) is 19.3 Å². The van der Waals surface area contributed by atoms with Gasteiger partial charge in [-0.25, -0.2) is 13.4 Å². The Hall–Kier alpha value is -2.41. The number of aryl methyl sites for hydroxylation is 3. The quantitative estimate of drug-likeness (QED) is 0.643. The Morgan fingerprint density at radius 3 is 2.41 bits per heavy atom. The summed E-state index contributed by atoms with van der Waals surface area (Å²) >= 11 is 0. The first-order valence-corrected chi connectivity index (χ1v) is 11.9. The first-order valence-electron chi connectivity index (χ1n) is 9.81. The normalized spacial score (nSPS) is 15.8. The molecule has 1 aliphatic carbocycles. The van der Waals surface area contributed by atoms with Crippen LogP contribution in [0.25, 0.3) is 22.2 Å². The van der Waals surface area contributed by atoms with E-state index in [1.54, 1.807) is 24.7 Å². The van der Waals surface area contributed by atoms with E-state index in [0.29, 0.717) is 16.5 Å². The maximum absolute atomic E-state index is 12.1. The molecule has 0 N–H and O–H groups in total. The lowest BCUT2D eigenvalue weighted by Gasteiger charge is -2.14. The Bertz CT molecular complexity index is 1270. The van der Waals surface area contributed by atoms with Crippen LogP contribution >= 0.6 is 0 Å². The van der Waals surface area contributed by atoms with E-state index in [-0.39, 0.29) is 11.3 Å². The molecule has 0 amide bonds. The van der Waals surface area contributed by atoms with Gasteiger partial charge in [0.05, 0.1) is 16.8 Å². The van der Waals surface area contributed by atoms with E-state index < -0.39 is 9.84 Å². The van der Waals surface area contributed by atoms with Gasteiger partial charge < -0.3 is 9.13 Å². The van der Waals surface area contributed by atoms with E-state index in [1.807, 2.05) is 19.1 Å². The zero-order valence-electron chi connectivity index (χ0n) is 17.6. The fourth-order valence-electron chi connectivity index (χ4n) is 3.96. The molecule has 0 saturated heterocycles. The van der Waals surface area contributed by atoms with Gasteiger partial charge in [-0.2, -0.15) is 0 Å². The van der Waals surface area contributed by atoms with Crippen molar-refractivity contribution in [3.05, 3.63) is 51.7 Å². The van der Waals surface area contributed by atoms with E-state index in [1.165, 1.54) is 19.1 Å². The zero-order chi connectivity index (χ0) is 21.1. The minimum atomic E-state index is -3.22. The summed E-state index contributed by atoms with van der Waals surface area (Å²) < 4.78 is 28.0. The molecule has 4 rings (SSSR count). The molecule has 0 aliphatic heterocycles. The van der Waals surface area contributed by atoms with Crippen molar-refractivity contribution in [1.29, 1.82) is 0 Å². The summed E-state index contributed by atoms with van der Waals surface area (Å²) in [5, 5.41) is 0. The molecule has 1 aliphatic rings. The highest BCUT2D eigenvalue weighted by Crippen LogP contribution is 2.47. The zero-order valence-corrected chi connectivity index (χ0v) is 18.4. The van der Waals surface area contributed by atoms with Crippen molar-refractivity contribution in [2.45, 2.75) is 45.9 Å². The number of nitrogens with zero attached hydrogens (tertiary/aromatic N) is 3. The van der Waals surface area contributed by atoms with E-state index in [9.17, 15) is 13.2 Å². The van der Waals surface area contributed by atoms with Crippen LogP contribution in [0.3, 0.4) is 0 Å². The van der Waals surface area contributed by atoms with Crippen molar-refractivity contribution in [3.8, 4) is 11.1 Å². The highest BCUT2D eigenvalue weighted by atomic mass is 32.2. The highest BCUT2D eigenvalue weighted by molar-refractivity contribution is 7.89. The fraction of sp³-hybridized carbons (Fsp3) is 0.455. The lowest BCUT2D eigenvalue weighted by Crippen LogP contribution is -2.18. The SMILES string of the molecule is Cc1cc(-c2cc(CS(C)(=O)=O)c3nc(C)n(CC4(C)CC4)c3c2)cn(C)c1=O. The molecular weight excluding hydrogens is 386 g/mol. The second-order valence-electron chi connectivity index (χ2n) is 8.96. The summed E-state index contributed by atoms with van der Waals surface area (Å²) in [6, 6.07) is 5.84. The topological polar surface area (TPSA) is 74.0 Å². The van der Waals surface area contributed by atoms with Crippen LogP contribution in [0.2, 0.25) is 0 Å². The van der Waals surface area contributed by atoms with Gasteiger partial charge in [0.1, 0.15) is 5.82 Å². The van der Waals surface area contributed by atoms with Gasteiger partial charge in [-0.3, -0.25) is 4.79 Å². The number of rotatable bonds is 5. The van der Waals surface area contributed by atoms with Crippen molar-refractivity contribution in [3.63, 3.8) is 0 Å². The van der Waals surface area contributed by atoms with Gasteiger partial charge in [0.25, 0.3) is 5.56 Å². The number of aromatic nitrogens is 3. The molecule has 0 atom stereocenters. The predicted molar refractivity (Wildman–Crippen MR) is 116 cm³/mol. The standard InChI is InChI=1S/C22H27N3O3S/c1-14-8-17(11-24(4)21(14)26)16-9-18(12-29(5,27)28)20-19(10-16)25(15(2)23-20)13-22(3)6-7-22/h8-11H,6-7,12-13H2,1-5H3. The number of imidazole rings is 1. The van der Waals surface area contributed by atoms with Crippen molar-refractivity contribution < 1.29 is 8.42 Å². The van der Waals surface area contributed by atoms with Crippen LogP contribution in [0.4, 0.5) is 0 Å². The van der Waals surface area contributed by atoms with Crippen molar-refractivity contribution in [2.75, 3.05) is 6.26 Å². The Kier molecular flexibility index (Phi) is 4.49. The number of fused-ring (bicyclic) bond motifs is 1. The maximum atomic E-state index is 12.1. The van der Waals surface area contributed by atoms with E-state index in [0.717, 1.165) is 34.5 Å². The van der Waals surface area contributed by atoms with Crippen molar-refractivity contribution >= 4 is 20.9 Å². The summed E-state index contributed by atoms with van der Waals surface area (Å²) in [5.74, 6) is 0.840. The second-order valence-corrected chi connectivity index (χ2v) is 11.1. The van der Waals surface area contributed by atoms with Gasteiger partial charge in [0.2, 0.25) is 0 Å². The number of hydrogen-bond donors (Lipinski definition) is 0. The van der Waals surface area contributed by atoms with Crippen LogP contribution in [0.15, 0.2) is 29.2 Å². The van der Waals surface area contributed by atoms with E-state index >= 15 is 0 Å². The third-order valence-electron chi connectivity index (χ3n) is 5.88. The minimum Gasteiger partial charge on any atom is -0.328 e. The molecule has 7 heteroatoms. The molecule has 0 unspecified atom stereocenters. The maximum Gasteiger partial charge on any atom is 0.253 e. The molecule has 0 spiro atoms. The Morgan fingerprint density at radius 2 is 1.83 bits per heavy atom. The number of benzene rings is 1. The van der Waals surface area contributed by atoms with Gasteiger partial charge in [0.15, 0.2) is 9.84 Å². The van der Waals surface area contributed by atoms with Crippen LogP contribution in [-0.4, -0.2) is 28.8 Å². The largest absolute Gasteiger partial charge is 0.328 e. The van der Waals surface area contributed by atoms with Gasteiger partial charge >= 0.3 is 0 Å². The monoisotopic (exact) mass is 413 g/mol. The molecule has 0 radical (unpaired) electrons. The molecule has 6 nitrogen and oxygen atoms in total. The van der Waals surface area contributed by atoms with Gasteiger partial charge in [-0.1, -0.05) is 6.92 Å². The summed E-state index contributed by atoms with van der Waals surface area (Å²) in [6.45, 7) is 6.93. The van der Waals surface area contributed by atoms with Gasteiger partial charge in [-0.15, -0.1) is 0 Å². The molecule has 1 aromatic carbocycles. The summed E-state index contributed by atoms with van der Waals surface area (Å²) in [5.41, 5.74) is 5.12.